The van der Waals surface area contributed by atoms with Crippen LogP contribution in [0, 0.1) is 0 Å². The zero-order valence-corrected chi connectivity index (χ0v) is 8.81. The molecular formula is C8H18O3P+. The Balaban J connectivity index is 2.95. The first-order valence-corrected chi connectivity index (χ1v) is 5.82. The van der Waals surface area contributed by atoms with Crippen LogP contribution in [-0.4, -0.2) is 26.0 Å². The summed E-state index contributed by atoms with van der Waals surface area (Å²) in [5.74, 6) is 0. The van der Waals surface area contributed by atoms with E-state index in [9.17, 15) is 4.57 Å². The van der Waals surface area contributed by atoms with Crippen molar-refractivity contribution in [3.63, 3.8) is 0 Å². The van der Waals surface area contributed by atoms with E-state index >= 15 is 0 Å². The van der Waals surface area contributed by atoms with E-state index in [0.29, 0.717) is 19.4 Å². The van der Waals surface area contributed by atoms with Gasteiger partial charge in [-0.15, -0.1) is 4.52 Å². The monoisotopic (exact) mass is 193 g/mol. The Labute approximate surface area is 75.3 Å². The SMILES string of the molecule is CCCCOCCO[P+](=O)CC. The molecule has 0 fully saturated rings. The molecule has 0 saturated heterocycles. The third kappa shape index (κ3) is 8.12. The summed E-state index contributed by atoms with van der Waals surface area (Å²) in [6.07, 6.45) is 2.81. The molecular weight excluding hydrogens is 175 g/mol. The molecule has 0 heterocycles. The van der Waals surface area contributed by atoms with Gasteiger partial charge in [-0.1, -0.05) is 13.3 Å². The lowest BCUT2D eigenvalue weighted by Crippen LogP contribution is -2.02. The van der Waals surface area contributed by atoms with E-state index in [1.165, 1.54) is 0 Å². The average molecular weight is 193 g/mol. The first-order chi connectivity index (χ1) is 5.81. The van der Waals surface area contributed by atoms with Crippen LogP contribution in [-0.2, 0) is 13.8 Å². The number of hydrogen-bond donors (Lipinski definition) is 0. The van der Waals surface area contributed by atoms with Gasteiger partial charge in [0.05, 0.1) is 6.61 Å². The lowest BCUT2D eigenvalue weighted by molar-refractivity contribution is 0.101. The molecule has 1 atom stereocenters. The van der Waals surface area contributed by atoms with Crippen molar-refractivity contribution in [2.24, 2.45) is 0 Å². The minimum absolute atomic E-state index is 0.451. The summed E-state index contributed by atoms with van der Waals surface area (Å²) in [7, 11) is -1.43. The third-order valence-corrected chi connectivity index (χ3v) is 2.35. The van der Waals surface area contributed by atoms with E-state index in [2.05, 4.69) is 6.92 Å². The summed E-state index contributed by atoms with van der Waals surface area (Å²) in [6.45, 7) is 5.75. The van der Waals surface area contributed by atoms with Crippen molar-refractivity contribution in [1.82, 2.24) is 0 Å². The highest BCUT2D eigenvalue weighted by Gasteiger charge is 2.11. The van der Waals surface area contributed by atoms with Crippen LogP contribution in [0.15, 0.2) is 0 Å². The van der Waals surface area contributed by atoms with E-state index in [1.54, 1.807) is 0 Å². The van der Waals surface area contributed by atoms with Gasteiger partial charge in [0.1, 0.15) is 6.61 Å². The molecule has 12 heavy (non-hydrogen) atoms. The van der Waals surface area contributed by atoms with Crippen LogP contribution in [0.4, 0.5) is 0 Å². The smallest absolute Gasteiger partial charge is 0.379 e. The molecule has 3 nitrogen and oxygen atoms in total. The fourth-order valence-electron chi connectivity index (χ4n) is 0.638. The van der Waals surface area contributed by atoms with Crippen LogP contribution in [0.5, 0.6) is 0 Å². The maximum atomic E-state index is 10.8. The normalized spacial score (nSPS) is 11.7. The van der Waals surface area contributed by atoms with Gasteiger partial charge in [0, 0.05) is 6.61 Å². The zero-order valence-electron chi connectivity index (χ0n) is 7.91. The summed E-state index contributed by atoms with van der Waals surface area (Å²) in [5, 5.41) is 0. The summed E-state index contributed by atoms with van der Waals surface area (Å²) in [4.78, 5) is 0. The minimum atomic E-state index is -1.43. The van der Waals surface area contributed by atoms with Crippen molar-refractivity contribution in [1.29, 1.82) is 0 Å². The summed E-state index contributed by atoms with van der Waals surface area (Å²) in [6, 6.07) is 0. The second kappa shape index (κ2) is 9.11. The first kappa shape index (κ1) is 12.0. The van der Waals surface area contributed by atoms with Crippen LogP contribution in [0.1, 0.15) is 26.7 Å². The molecule has 1 unspecified atom stereocenters. The molecule has 0 aliphatic heterocycles. The maximum absolute atomic E-state index is 10.8. The second-order valence-corrected chi connectivity index (χ2v) is 4.00. The van der Waals surface area contributed by atoms with E-state index in [0.717, 1.165) is 19.4 Å². The van der Waals surface area contributed by atoms with Crippen LogP contribution < -0.4 is 0 Å². The number of hydrogen-bond acceptors (Lipinski definition) is 3. The van der Waals surface area contributed by atoms with Gasteiger partial charge >= 0.3 is 8.03 Å². The lowest BCUT2D eigenvalue weighted by atomic mass is 10.4. The number of rotatable bonds is 8. The van der Waals surface area contributed by atoms with Crippen molar-refractivity contribution in [2.45, 2.75) is 26.7 Å². The quantitative estimate of drug-likeness (QED) is 0.439. The van der Waals surface area contributed by atoms with Gasteiger partial charge in [-0.2, -0.15) is 0 Å². The number of ether oxygens (including phenoxy) is 1. The molecule has 0 saturated carbocycles. The fraction of sp³-hybridized carbons (Fsp3) is 1.00. The Bertz CT molecular complexity index is 117. The topological polar surface area (TPSA) is 35.5 Å². The molecule has 72 valence electrons. The molecule has 0 bridgehead atoms. The van der Waals surface area contributed by atoms with E-state index in [1.807, 2.05) is 6.92 Å². The molecule has 0 aromatic heterocycles. The number of unbranched alkanes of at least 4 members (excludes halogenated alkanes) is 1. The Kier molecular flexibility index (Phi) is 9.13. The standard InChI is InChI=1S/C8H18O3P/c1-3-5-6-10-7-8-11-12(9)4-2/h3-8H2,1-2H3/q+1. The Morgan fingerprint density at radius 3 is 2.50 bits per heavy atom. The summed E-state index contributed by atoms with van der Waals surface area (Å²) >= 11 is 0. The van der Waals surface area contributed by atoms with Crippen molar-refractivity contribution in [3.8, 4) is 0 Å². The van der Waals surface area contributed by atoms with E-state index in [-0.39, 0.29) is 0 Å². The van der Waals surface area contributed by atoms with Gasteiger partial charge in [-0.05, 0) is 17.9 Å². The summed E-state index contributed by atoms with van der Waals surface area (Å²) < 4.78 is 20.9. The molecule has 4 heteroatoms. The predicted molar refractivity (Wildman–Crippen MR) is 49.8 cm³/mol. The van der Waals surface area contributed by atoms with Crippen molar-refractivity contribution in [2.75, 3.05) is 26.0 Å². The second-order valence-electron chi connectivity index (χ2n) is 2.45. The highest BCUT2D eigenvalue weighted by molar-refractivity contribution is 7.39. The highest BCUT2D eigenvalue weighted by atomic mass is 31.1. The zero-order chi connectivity index (χ0) is 9.23. The van der Waals surface area contributed by atoms with Crippen LogP contribution in [0.25, 0.3) is 0 Å². The molecule has 0 aliphatic rings. The average Bonchev–Trinajstić information content (AvgIpc) is 2.10. The molecule has 0 aliphatic carbocycles. The molecule has 0 spiro atoms. The molecule has 0 radical (unpaired) electrons. The first-order valence-electron chi connectivity index (χ1n) is 4.46. The van der Waals surface area contributed by atoms with Crippen LogP contribution >= 0.6 is 8.03 Å². The van der Waals surface area contributed by atoms with Crippen LogP contribution in [0.3, 0.4) is 0 Å². The lowest BCUT2D eigenvalue weighted by Gasteiger charge is -1.98. The maximum Gasteiger partial charge on any atom is 0.507 e. The Hall–Kier alpha value is 0.0200. The minimum Gasteiger partial charge on any atom is -0.379 e. The molecule has 0 aromatic carbocycles. The molecule has 0 amide bonds. The Morgan fingerprint density at radius 1 is 1.17 bits per heavy atom. The van der Waals surface area contributed by atoms with Gasteiger partial charge in [-0.25, -0.2) is 0 Å². The van der Waals surface area contributed by atoms with E-state index in [4.69, 9.17) is 9.26 Å². The van der Waals surface area contributed by atoms with Crippen molar-refractivity contribution in [3.05, 3.63) is 0 Å². The van der Waals surface area contributed by atoms with Crippen molar-refractivity contribution < 1.29 is 13.8 Å². The van der Waals surface area contributed by atoms with Crippen LogP contribution in [0.2, 0.25) is 0 Å². The van der Waals surface area contributed by atoms with Gasteiger partial charge in [0.2, 0.25) is 0 Å². The predicted octanol–water partition coefficient (Wildman–Crippen LogP) is 2.58. The van der Waals surface area contributed by atoms with Gasteiger partial charge in [0.15, 0.2) is 6.16 Å². The highest BCUT2D eigenvalue weighted by Crippen LogP contribution is 2.19. The Morgan fingerprint density at radius 2 is 1.92 bits per heavy atom. The van der Waals surface area contributed by atoms with E-state index < -0.39 is 8.03 Å². The molecule has 0 rings (SSSR count). The fourth-order valence-corrected chi connectivity index (χ4v) is 1.10. The van der Waals surface area contributed by atoms with Gasteiger partial charge in [-0.3, -0.25) is 0 Å². The summed E-state index contributed by atoms with van der Waals surface area (Å²) in [5.41, 5.74) is 0. The van der Waals surface area contributed by atoms with Crippen molar-refractivity contribution >= 4 is 8.03 Å². The molecule has 0 aromatic rings. The largest absolute Gasteiger partial charge is 0.507 e. The van der Waals surface area contributed by atoms with Gasteiger partial charge in [0.25, 0.3) is 0 Å². The molecule has 0 N–H and O–H groups in total. The van der Waals surface area contributed by atoms with Gasteiger partial charge < -0.3 is 4.74 Å². The third-order valence-electron chi connectivity index (χ3n) is 1.36.